The molecule has 10 heteroatoms. The van der Waals surface area contributed by atoms with Gasteiger partial charge in [0, 0.05) is 6.20 Å². The Balaban J connectivity index is 2.07. The zero-order valence-electron chi connectivity index (χ0n) is 11.7. The lowest BCUT2D eigenvalue weighted by molar-refractivity contribution is -0.0958. The van der Waals surface area contributed by atoms with Gasteiger partial charge in [0.1, 0.15) is 29.2 Å². The lowest BCUT2D eigenvalue weighted by atomic mass is 9.96. The molecular formula is C12H17FN4O5. The molecule has 0 bridgehead atoms. The quantitative estimate of drug-likeness (QED) is 0.371. The zero-order valence-corrected chi connectivity index (χ0v) is 11.7. The van der Waals surface area contributed by atoms with Gasteiger partial charge >= 0.3 is 0 Å². The van der Waals surface area contributed by atoms with Gasteiger partial charge in [-0.05, 0) is 6.92 Å². The molecule has 22 heavy (non-hydrogen) atoms. The van der Waals surface area contributed by atoms with Crippen LogP contribution in [-0.2, 0) is 4.74 Å². The summed E-state index contributed by atoms with van der Waals surface area (Å²) >= 11 is 0. The number of rotatable bonds is 2. The first kappa shape index (κ1) is 15.2. The van der Waals surface area contributed by atoms with E-state index in [1.807, 2.05) is 0 Å². The summed E-state index contributed by atoms with van der Waals surface area (Å²) in [4.78, 5) is 11.8. The second kappa shape index (κ2) is 4.89. The highest BCUT2D eigenvalue weighted by Crippen LogP contribution is 2.41. The fraction of sp³-hybridized carbons (Fsp3) is 0.583. The van der Waals surface area contributed by atoms with Gasteiger partial charge in [0.25, 0.3) is 5.91 Å². The number of ether oxygens (including phenoxy) is 1. The molecule has 3 heterocycles. The molecule has 0 aromatic carbocycles. The summed E-state index contributed by atoms with van der Waals surface area (Å²) in [6.07, 6.45) is -3.58. The topological polar surface area (TPSA) is 142 Å². The fourth-order valence-electron chi connectivity index (χ4n) is 2.83. The highest BCUT2D eigenvalue weighted by atomic mass is 19.1. The molecule has 1 unspecified atom stereocenters. The highest BCUT2D eigenvalue weighted by Gasteiger charge is 2.53. The average Bonchev–Trinajstić information content (AvgIpc) is 2.86. The van der Waals surface area contributed by atoms with Gasteiger partial charge in [-0.25, -0.2) is 4.39 Å². The summed E-state index contributed by atoms with van der Waals surface area (Å²) in [5.74, 6) is -1.49. The van der Waals surface area contributed by atoms with Gasteiger partial charge in [-0.3, -0.25) is 10.5 Å². The van der Waals surface area contributed by atoms with Crippen molar-refractivity contribution in [1.82, 2.24) is 9.88 Å². The molecule has 0 aliphatic carbocycles. The monoisotopic (exact) mass is 316 g/mol. The van der Waals surface area contributed by atoms with Gasteiger partial charge in [0.05, 0.1) is 6.61 Å². The summed E-state index contributed by atoms with van der Waals surface area (Å²) in [5.41, 5.74) is 3.53. The Morgan fingerprint density at radius 3 is 2.82 bits per heavy atom. The summed E-state index contributed by atoms with van der Waals surface area (Å²) in [6.45, 7) is 0.776. The minimum absolute atomic E-state index is 0.0322. The van der Waals surface area contributed by atoms with Gasteiger partial charge < -0.3 is 35.3 Å². The van der Waals surface area contributed by atoms with Crippen LogP contribution in [0.15, 0.2) is 6.20 Å². The van der Waals surface area contributed by atoms with Crippen molar-refractivity contribution in [2.24, 2.45) is 5.73 Å². The molecule has 0 radical (unpaired) electrons. The second-order valence-electron chi connectivity index (χ2n) is 5.58. The largest absolute Gasteiger partial charge is 0.394 e. The standard InChI is InChI=1S/C12H17FN4O5/c1-12(21)7(19)5(3-18)22-10(12)17-2-4(13)6-8(17)15-11(14)16-9(6)20/h2,5,7,10-11,15,18-19,21H,3,14H2,1H3,(H,16,20)/t5-,7-,10-,11?,12-/m1/s1. The van der Waals surface area contributed by atoms with E-state index < -0.39 is 48.7 Å². The maximum Gasteiger partial charge on any atom is 0.260 e. The van der Waals surface area contributed by atoms with Crippen LogP contribution in [0.4, 0.5) is 10.2 Å². The minimum Gasteiger partial charge on any atom is -0.394 e. The number of hydrogen-bond donors (Lipinski definition) is 6. The normalized spacial score (nSPS) is 37.6. The Bertz CT molecular complexity index is 619. The van der Waals surface area contributed by atoms with E-state index in [2.05, 4.69) is 10.6 Å². The number of aliphatic hydroxyl groups excluding tert-OH is 2. The molecule has 0 spiro atoms. The van der Waals surface area contributed by atoms with E-state index in [1.54, 1.807) is 0 Å². The number of fused-ring (bicyclic) bond motifs is 1. The van der Waals surface area contributed by atoms with Crippen LogP contribution in [0.3, 0.4) is 0 Å². The Morgan fingerprint density at radius 1 is 1.55 bits per heavy atom. The summed E-state index contributed by atoms with van der Waals surface area (Å²) in [7, 11) is 0. The van der Waals surface area contributed by atoms with Crippen molar-refractivity contribution in [3.05, 3.63) is 17.6 Å². The lowest BCUT2D eigenvalue weighted by Gasteiger charge is -2.31. The van der Waals surface area contributed by atoms with Gasteiger partial charge in [-0.15, -0.1) is 0 Å². The minimum atomic E-state index is -1.80. The van der Waals surface area contributed by atoms with E-state index in [1.165, 1.54) is 6.92 Å². The van der Waals surface area contributed by atoms with Crippen LogP contribution >= 0.6 is 0 Å². The average molecular weight is 316 g/mol. The van der Waals surface area contributed by atoms with Gasteiger partial charge in [-0.1, -0.05) is 0 Å². The van der Waals surface area contributed by atoms with Gasteiger partial charge in [0.15, 0.2) is 18.3 Å². The molecule has 1 fully saturated rings. The highest BCUT2D eigenvalue weighted by molar-refractivity contribution is 6.01. The number of hydrogen-bond acceptors (Lipinski definition) is 7. The Kier molecular flexibility index (Phi) is 3.38. The van der Waals surface area contributed by atoms with E-state index in [0.29, 0.717) is 0 Å². The molecular weight excluding hydrogens is 299 g/mol. The molecule has 2 aliphatic heterocycles. The number of halogens is 1. The number of anilines is 1. The maximum atomic E-state index is 14.0. The number of aromatic nitrogens is 1. The number of carbonyl (C=O) groups is 1. The second-order valence-corrected chi connectivity index (χ2v) is 5.58. The van der Waals surface area contributed by atoms with Crippen molar-refractivity contribution in [3.63, 3.8) is 0 Å². The van der Waals surface area contributed by atoms with Crippen molar-refractivity contribution in [1.29, 1.82) is 0 Å². The predicted octanol–water partition coefficient (Wildman–Crippen LogP) is -1.97. The Hall–Kier alpha value is -1.72. The van der Waals surface area contributed by atoms with Crippen LogP contribution in [0, 0.1) is 5.82 Å². The van der Waals surface area contributed by atoms with Gasteiger partial charge in [-0.2, -0.15) is 0 Å². The first-order chi connectivity index (χ1) is 10.3. The third-order valence-electron chi connectivity index (χ3n) is 3.98. The maximum absolute atomic E-state index is 14.0. The number of nitrogens with two attached hydrogens (primary N) is 1. The third kappa shape index (κ3) is 2.00. The Labute approximate surface area is 124 Å². The number of aliphatic hydroxyl groups is 3. The molecule has 7 N–H and O–H groups in total. The van der Waals surface area contributed by atoms with Crippen LogP contribution < -0.4 is 16.4 Å². The van der Waals surface area contributed by atoms with E-state index in [-0.39, 0.29) is 11.4 Å². The van der Waals surface area contributed by atoms with Crippen LogP contribution in [-0.4, -0.2) is 56.5 Å². The van der Waals surface area contributed by atoms with Crippen molar-refractivity contribution < 1.29 is 29.2 Å². The molecule has 2 aliphatic rings. The molecule has 3 rings (SSSR count). The molecule has 122 valence electrons. The molecule has 1 amide bonds. The smallest absolute Gasteiger partial charge is 0.260 e. The van der Waals surface area contributed by atoms with E-state index in [4.69, 9.17) is 10.5 Å². The number of carbonyl (C=O) groups excluding carboxylic acids is 1. The molecule has 0 saturated carbocycles. The predicted molar refractivity (Wildman–Crippen MR) is 71.1 cm³/mol. The summed E-state index contributed by atoms with van der Waals surface area (Å²) < 4.78 is 20.6. The number of nitrogens with one attached hydrogen (secondary N) is 2. The fourth-order valence-corrected chi connectivity index (χ4v) is 2.83. The lowest BCUT2D eigenvalue weighted by Crippen LogP contribution is -2.51. The van der Waals surface area contributed by atoms with Crippen molar-refractivity contribution >= 4 is 11.7 Å². The first-order valence-corrected chi connectivity index (χ1v) is 6.67. The Morgan fingerprint density at radius 2 is 2.23 bits per heavy atom. The van der Waals surface area contributed by atoms with Crippen LogP contribution in [0.25, 0.3) is 0 Å². The van der Waals surface area contributed by atoms with Crippen molar-refractivity contribution in [2.45, 2.75) is 37.3 Å². The van der Waals surface area contributed by atoms with Crippen LogP contribution in [0.2, 0.25) is 0 Å². The first-order valence-electron chi connectivity index (χ1n) is 6.67. The number of amides is 1. The molecule has 1 saturated heterocycles. The summed E-state index contributed by atoms with van der Waals surface area (Å²) in [6, 6.07) is 0. The number of nitrogens with zero attached hydrogens (tertiary/aromatic N) is 1. The molecule has 1 aromatic heterocycles. The SMILES string of the molecule is C[C@@]1(O)[C@H](O)[C@@H](CO)O[C@H]1n1cc(F)c2c1NC(N)NC2=O. The van der Waals surface area contributed by atoms with Crippen LogP contribution in [0.1, 0.15) is 23.5 Å². The van der Waals surface area contributed by atoms with E-state index in [0.717, 1.165) is 10.8 Å². The van der Waals surface area contributed by atoms with Crippen molar-refractivity contribution in [2.75, 3.05) is 11.9 Å². The third-order valence-corrected chi connectivity index (χ3v) is 3.98. The molecule has 1 aromatic rings. The van der Waals surface area contributed by atoms with Crippen LogP contribution in [0.5, 0.6) is 0 Å². The molecule has 5 atom stereocenters. The molecule has 9 nitrogen and oxygen atoms in total. The summed E-state index contributed by atoms with van der Waals surface area (Å²) in [5, 5.41) is 34.6. The van der Waals surface area contributed by atoms with Gasteiger partial charge in [0.2, 0.25) is 0 Å². The van der Waals surface area contributed by atoms with Crippen molar-refractivity contribution in [3.8, 4) is 0 Å². The van der Waals surface area contributed by atoms with E-state index in [9.17, 15) is 24.5 Å². The van der Waals surface area contributed by atoms with E-state index >= 15 is 0 Å². The zero-order chi connectivity index (χ0) is 16.2.